The SMILES string of the molecule is CC(C)(C)NC(=O)c1cncn1C1CCN(C2CCC(c3nnc(C(F)(F)F)o3)CN2)CC1. The van der Waals surface area contributed by atoms with Gasteiger partial charge in [-0.05, 0) is 46.5 Å². The summed E-state index contributed by atoms with van der Waals surface area (Å²) >= 11 is 0. The predicted molar refractivity (Wildman–Crippen MR) is 112 cm³/mol. The molecule has 2 aromatic heterocycles. The second-order valence-corrected chi connectivity index (χ2v) is 9.80. The van der Waals surface area contributed by atoms with Gasteiger partial charge in [0.2, 0.25) is 5.89 Å². The minimum atomic E-state index is -4.62. The zero-order valence-electron chi connectivity index (χ0n) is 19.0. The summed E-state index contributed by atoms with van der Waals surface area (Å²) in [4.78, 5) is 19.2. The van der Waals surface area contributed by atoms with Crippen LogP contribution in [0.4, 0.5) is 13.2 Å². The van der Waals surface area contributed by atoms with Crippen molar-refractivity contribution in [1.82, 2.24) is 35.3 Å². The van der Waals surface area contributed by atoms with Gasteiger partial charge in [-0.3, -0.25) is 9.69 Å². The molecule has 0 radical (unpaired) electrons. The van der Waals surface area contributed by atoms with Gasteiger partial charge >= 0.3 is 12.1 Å². The maximum Gasteiger partial charge on any atom is 0.470 e. The molecular formula is C21H30F3N7O2. The molecule has 2 N–H and O–H groups in total. The van der Waals surface area contributed by atoms with E-state index >= 15 is 0 Å². The Kier molecular flexibility index (Phi) is 6.50. The third-order valence-electron chi connectivity index (χ3n) is 6.14. The molecule has 2 unspecified atom stereocenters. The third-order valence-corrected chi connectivity index (χ3v) is 6.14. The van der Waals surface area contributed by atoms with Crippen molar-refractivity contribution in [3.63, 3.8) is 0 Å². The van der Waals surface area contributed by atoms with E-state index in [1.165, 1.54) is 0 Å². The van der Waals surface area contributed by atoms with Crippen LogP contribution < -0.4 is 10.6 Å². The number of likely N-dealkylation sites (tertiary alicyclic amines) is 1. The number of carbonyl (C=O) groups excluding carboxylic acids is 1. The van der Waals surface area contributed by atoms with Crippen LogP contribution in [-0.4, -0.2) is 61.9 Å². The van der Waals surface area contributed by atoms with Gasteiger partial charge in [0.05, 0.1) is 18.7 Å². The standard InChI is InChI=1S/C21H30F3N7O2/c1-20(2,3)27-17(32)15-11-25-12-31(15)14-6-8-30(9-7-14)16-5-4-13(10-26-16)18-28-29-19(33-18)21(22,23)24/h11-14,16,26H,4-10H2,1-3H3,(H,27,32). The van der Waals surface area contributed by atoms with E-state index in [4.69, 9.17) is 4.42 Å². The normalized spacial score (nSPS) is 23.6. The molecule has 0 aromatic carbocycles. The smallest absolute Gasteiger partial charge is 0.417 e. The minimum Gasteiger partial charge on any atom is -0.417 e. The van der Waals surface area contributed by atoms with Crippen LogP contribution in [0.15, 0.2) is 16.9 Å². The van der Waals surface area contributed by atoms with E-state index in [0.29, 0.717) is 18.7 Å². The molecule has 2 fully saturated rings. The lowest BCUT2D eigenvalue weighted by Crippen LogP contribution is -2.52. The molecule has 4 heterocycles. The van der Waals surface area contributed by atoms with Crippen LogP contribution in [0.3, 0.4) is 0 Å². The second kappa shape index (κ2) is 9.05. The van der Waals surface area contributed by atoms with E-state index in [2.05, 4.69) is 30.7 Å². The average Bonchev–Trinajstić information content (AvgIpc) is 3.43. The van der Waals surface area contributed by atoms with Crippen molar-refractivity contribution < 1.29 is 22.4 Å². The van der Waals surface area contributed by atoms with E-state index in [0.717, 1.165) is 32.4 Å². The van der Waals surface area contributed by atoms with Gasteiger partial charge in [-0.25, -0.2) is 4.98 Å². The maximum atomic E-state index is 12.7. The van der Waals surface area contributed by atoms with Gasteiger partial charge in [0.25, 0.3) is 5.91 Å². The summed E-state index contributed by atoms with van der Waals surface area (Å²) in [6.07, 6.45) is 2.08. The maximum absolute atomic E-state index is 12.7. The molecule has 1 amide bonds. The molecular weight excluding hydrogens is 439 g/mol. The lowest BCUT2D eigenvalue weighted by molar-refractivity contribution is -0.157. The van der Waals surface area contributed by atoms with Crippen LogP contribution in [0.25, 0.3) is 0 Å². The monoisotopic (exact) mass is 469 g/mol. The topological polar surface area (TPSA) is 101 Å². The number of rotatable bonds is 4. The van der Waals surface area contributed by atoms with Crippen LogP contribution in [0, 0.1) is 0 Å². The number of carbonyl (C=O) groups is 1. The molecule has 0 spiro atoms. The Bertz CT molecular complexity index is 950. The summed E-state index contributed by atoms with van der Waals surface area (Å²) in [7, 11) is 0. The van der Waals surface area contributed by atoms with E-state index in [1.54, 1.807) is 12.5 Å². The first-order chi connectivity index (χ1) is 15.5. The fourth-order valence-corrected chi connectivity index (χ4v) is 4.53. The number of hydrogen-bond donors (Lipinski definition) is 2. The number of hydrogen-bond acceptors (Lipinski definition) is 7. The zero-order chi connectivity index (χ0) is 23.8. The van der Waals surface area contributed by atoms with Gasteiger partial charge in [-0.2, -0.15) is 13.2 Å². The molecule has 12 heteroatoms. The van der Waals surface area contributed by atoms with Crippen LogP contribution in [0.5, 0.6) is 0 Å². The number of alkyl halides is 3. The lowest BCUT2D eigenvalue weighted by Gasteiger charge is -2.41. The van der Waals surface area contributed by atoms with E-state index in [9.17, 15) is 18.0 Å². The molecule has 9 nitrogen and oxygen atoms in total. The van der Waals surface area contributed by atoms with Crippen LogP contribution in [0.2, 0.25) is 0 Å². The first-order valence-electron chi connectivity index (χ1n) is 11.2. The first kappa shape index (κ1) is 23.7. The Morgan fingerprint density at radius 3 is 2.45 bits per heavy atom. The number of nitrogens with zero attached hydrogens (tertiary/aromatic N) is 5. The van der Waals surface area contributed by atoms with Crippen molar-refractivity contribution in [1.29, 1.82) is 0 Å². The van der Waals surface area contributed by atoms with Crippen LogP contribution in [0.1, 0.15) is 80.7 Å². The second-order valence-electron chi connectivity index (χ2n) is 9.80. The van der Waals surface area contributed by atoms with Crippen molar-refractivity contribution in [3.05, 3.63) is 30.0 Å². The summed E-state index contributed by atoms with van der Waals surface area (Å²) in [5.74, 6) is -1.61. The summed E-state index contributed by atoms with van der Waals surface area (Å²) in [6, 6.07) is 0.194. The number of amides is 1. The fraction of sp³-hybridized carbons (Fsp3) is 0.714. The van der Waals surface area contributed by atoms with E-state index in [-0.39, 0.29) is 35.5 Å². The van der Waals surface area contributed by atoms with Crippen molar-refractivity contribution in [2.45, 2.75) is 76.3 Å². The highest BCUT2D eigenvalue weighted by molar-refractivity contribution is 5.92. The first-order valence-corrected chi connectivity index (χ1v) is 11.2. The molecule has 0 saturated carbocycles. The van der Waals surface area contributed by atoms with Crippen LogP contribution >= 0.6 is 0 Å². The fourth-order valence-electron chi connectivity index (χ4n) is 4.53. The highest BCUT2D eigenvalue weighted by Crippen LogP contribution is 2.33. The Morgan fingerprint density at radius 1 is 1.15 bits per heavy atom. The number of halogens is 3. The van der Waals surface area contributed by atoms with E-state index < -0.39 is 12.1 Å². The minimum absolute atomic E-state index is 0.0353. The third kappa shape index (κ3) is 5.55. The Hall–Kier alpha value is -2.47. The number of nitrogens with one attached hydrogen (secondary N) is 2. The van der Waals surface area contributed by atoms with Crippen molar-refractivity contribution in [2.24, 2.45) is 0 Å². The zero-order valence-corrected chi connectivity index (χ0v) is 19.0. The summed E-state index contributed by atoms with van der Waals surface area (Å²) in [5.41, 5.74) is 0.245. The lowest BCUT2D eigenvalue weighted by atomic mass is 9.95. The largest absolute Gasteiger partial charge is 0.470 e. The van der Waals surface area contributed by atoms with Gasteiger partial charge in [0.1, 0.15) is 5.69 Å². The molecule has 2 aliphatic heterocycles. The highest BCUT2D eigenvalue weighted by atomic mass is 19.4. The molecule has 2 aliphatic rings. The molecule has 4 rings (SSSR count). The van der Waals surface area contributed by atoms with Crippen LogP contribution in [-0.2, 0) is 6.18 Å². The molecule has 33 heavy (non-hydrogen) atoms. The Balaban J connectivity index is 1.29. The number of piperidine rings is 2. The number of aromatic nitrogens is 4. The average molecular weight is 470 g/mol. The van der Waals surface area contributed by atoms with Gasteiger partial charge in [-0.15, -0.1) is 10.2 Å². The molecule has 2 aromatic rings. The molecule has 0 bridgehead atoms. The quantitative estimate of drug-likeness (QED) is 0.710. The van der Waals surface area contributed by atoms with Gasteiger partial charge in [0.15, 0.2) is 0 Å². The van der Waals surface area contributed by atoms with E-state index in [1.807, 2.05) is 25.3 Å². The molecule has 2 atom stereocenters. The van der Waals surface area contributed by atoms with Gasteiger partial charge in [0, 0.05) is 37.1 Å². The number of imidazole rings is 1. The van der Waals surface area contributed by atoms with Crippen molar-refractivity contribution in [2.75, 3.05) is 19.6 Å². The molecule has 0 aliphatic carbocycles. The summed E-state index contributed by atoms with van der Waals surface area (Å²) < 4.78 is 44.9. The molecule has 182 valence electrons. The van der Waals surface area contributed by atoms with Gasteiger partial charge in [-0.1, -0.05) is 0 Å². The summed E-state index contributed by atoms with van der Waals surface area (Å²) in [6.45, 7) is 8.02. The predicted octanol–water partition coefficient (Wildman–Crippen LogP) is 2.94. The highest BCUT2D eigenvalue weighted by Gasteiger charge is 2.39. The Labute approximate surface area is 190 Å². The summed E-state index contributed by atoms with van der Waals surface area (Å²) in [5, 5.41) is 13.1. The van der Waals surface area contributed by atoms with Crippen molar-refractivity contribution >= 4 is 5.91 Å². The van der Waals surface area contributed by atoms with Gasteiger partial charge < -0.3 is 19.6 Å². The Morgan fingerprint density at radius 2 is 1.88 bits per heavy atom. The molecule has 2 saturated heterocycles. The van der Waals surface area contributed by atoms with Crippen molar-refractivity contribution in [3.8, 4) is 0 Å².